The molecule has 3 aromatic rings. The summed E-state index contributed by atoms with van der Waals surface area (Å²) in [6, 6.07) is 1.38. The van der Waals surface area contributed by atoms with E-state index in [0.717, 1.165) is 40.6 Å². The van der Waals surface area contributed by atoms with Crippen molar-refractivity contribution in [1.29, 1.82) is 0 Å². The van der Waals surface area contributed by atoms with Crippen molar-refractivity contribution in [3.8, 4) is 10.6 Å². The zero-order chi connectivity index (χ0) is 19.0. The third-order valence-electron chi connectivity index (χ3n) is 4.73. The number of carbonyl (C=O) groups is 1. The van der Waals surface area contributed by atoms with Crippen LogP contribution >= 0.6 is 11.3 Å². The van der Waals surface area contributed by atoms with Crippen molar-refractivity contribution in [3.05, 3.63) is 50.5 Å². The molecule has 1 aliphatic carbocycles. The van der Waals surface area contributed by atoms with Crippen molar-refractivity contribution >= 4 is 17.2 Å². The number of fused-ring (bicyclic) bond motifs is 1. The van der Waals surface area contributed by atoms with Crippen LogP contribution in [0.1, 0.15) is 34.1 Å². The molecule has 1 atom stereocenters. The van der Waals surface area contributed by atoms with E-state index in [1.165, 1.54) is 17.3 Å². The first kappa shape index (κ1) is 17.6. The van der Waals surface area contributed by atoms with Crippen LogP contribution in [0.4, 0.5) is 0 Å². The van der Waals surface area contributed by atoms with Gasteiger partial charge in [-0.2, -0.15) is 0 Å². The van der Waals surface area contributed by atoms with Crippen LogP contribution in [0.2, 0.25) is 0 Å². The van der Waals surface area contributed by atoms with Gasteiger partial charge in [0.1, 0.15) is 10.8 Å². The molecule has 0 fully saturated rings. The zero-order valence-corrected chi connectivity index (χ0v) is 15.9. The highest BCUT2D eigenvalue weighted by molar-refractivity contribution is 7.15. The quantitative estimate of drug-likeness (QED) is 0.709. The normalized spacial score (nSPS) is 16.1. The lowest BCUT2D eigenvalue weighted by atomic mass is 9.90. The number of hydrogen-bond acceptors (Lipinski definition) is 7. The molecule has 27 heavy (non-hydrogen) atoms. The molecule has 0 radical (unpaired) electrons. The van der Waals surface area contributed by atoms with Crippen LogP contribution < -0.4 is 10.9 Å². The minimum absolute atomic E-state index is 0.0328. The van der Waals surface area contributed by atoms with Crippen molar-refractivity contribution < 1.29 is 9.32 Å². The fraction of sp³-hybridized carbons (Fsp3) is 0.389. The third-order valence-corrected chi connectivity index (χ3v) is 5.91. The number of aromatic amines is 1. The van der Waals surface area contributed by atoms with E-state index in [1.54, 1.807) is 11.3 Å². The Balaban J connectivity index is 1.45. The lowest BCUT2D eigenvalue weighted by Crippen LogP contribution is -2.34. The second-order valence-corrected chi connectivity index (χ2v) is 7.73. The number of nitrogens with zero attached hydrogens (tertiary/aromatic N) is 3. The van der Waals surface area contributed by atoms with E-state index >= 15 is 0 Å². The smallest absolute Gasteiger partial charge is 0.250 e. The number of hydrogen-bond donors (Lipinski definition) is 2. The van der Waals surface area contributed by atoms with Gasteiger partial charge in [0.05, 0.1) is 35.5 Å². The molecule has 1 aliphatic rings. The van der Waals surface area contributed by atoms with Crippen molar-refractivity contribution in [2.24, 2.45) is 5.92 Å². The van der Waals surface area contributed by atoms with Crippen LogP contribution in [0.5, 0.6) is 0 Å². The van der Waals surface area contributed by atoms with Gasteiger partial charge in [0, 0.05) is 23.3 Å². The number of aromatic nitrogens is 4. The van der Waals surface area contributed by atoms with Crippen molar-refractivity contribution in [1.82, 2.24) is 25.4 Å². The minimum Gasteiger partial charge on any atom is -0.361 e. The summed E-state index contributed by atoms with van der Waals surface area (Å²) in [4.78, 5) is 36.3. The molecule has 0 saturated carbocycles. The van der Waals surface area contributed by atoms with Crippen molar-refractivity contribution in [2.45, 2.75) is 39.7 Å². The molecule has 0 bridgehead atoms. The average Bonchev–Trinajstić information content (AvgIpc) is 3.21. The maximum atomic E-state index is 12.5. The molecule has 0 aliphatic heterocycles. The number of H-pyrrole nitrogens is 1. The van der Waals surface area contributed by atoms with Gasteiger partial charge in [0.25, 0.3) is 5.56 Å². The van der Waals surface area contributed by atoms with Gasteiger partial charge in [-0.25, -0.2) is 9.97 Å². The highest BCUT2D eigenvalue weighted by Gasteiger charge is 2.28. The molecular weight excluding hydrogens is 366 g/mol. The molecule has 2 N–H and O–H groups in total. The number of nitrogens with one attached hydrogen (secondary N) is 2. The largest absolute Gasteiger partial charge is 0.361 e. The van der Waals surface area contributed by atoms with Gasteiger partial charge in [0.2, 0.25) is 5.91 Å². The average molecular weight is 385 g/mol. The van der Waals surface area contributed by atoms with Crippen LogP contribution in [0.15, 0.2) is 21.7 Å². The molecule has 3 heterocycles. The zero-order valence-electron chi connectivity index (χ0n) is 15.0. The molecule has 3 aromatic heterocycles. The van der Waals surface area contributed by atoms with Crippen LogP contribution in [0.3, 0.4) is 0 Å². The van der Waals surface area contributed by atoms with Gasteiger partial charge in [-0.15, -0.1) is 11.3 Å². The molecule has 8 nitrogen and oxygen atoms in total. The van der Waals surface area contributed by atoms with E-state index in [1.807, 2.05) is 13.8 Å². The molecule has 1 amide bonds. The number of rotatable bonds is 4. The summed E-state index contributed by atoms with van der Waals surface area (Å²) in [5, 5.41) is 7.78. The Morgan fingerprint density at radius 3 is 3.04 bits per heavy atom. The van der Waals surface area contributed by atoms with Gasteiger partial charge < -0.3 is 14.8 Å². The summed E-state index contributed by atoms with van der Waals surface area (Å²) in [5.41, 5.74) is 3.08. The standard InChI is InChI=1S/C18H19N5O3S/c1-9-16(10(2)26-23-9)18-22-13-5-11(3-4-14(13)27-18)17(25)19-7-12-6-15(24)21-8-20-12/h6,8,11H,3-5,7H2,1-2H3,(H,19,25)(H,20,21,24). The molecular formula is C18H19N5O3S. The van der Waals surface area contributed by atoms with Gasteiger partial charge in [0.15, 0.2) is 0 Å². The molecule has 0 aromatic carbocycles. The summed E-state index contributed by atoms with van der Waals surface area (Å²) in [5.74, 6) is 0.604. The van der Waals surface area contributed by atoms with Crippen LogP contribution in [0.25, 0.3) is 10.6 Å². The van der Waals surface area contributed by atoms with Gasteiger partial charge in [-0.1, -0.05) is 5.16 Å². The fourth-order valence-corrected chi connectivity index (χ4v) is 4.58. The first-order valence-corrected chi connectivity index (χ1v) is 9.56. The molecule has 0 saturated heterocycles. The maximum Gasteiger partial charge on any atom is 0.250 e. The number of aryl methyl sites for hydroxylation is 3. The van der Waals surface area contributed by atoms with E-state index in [9.17, 15) is 9.59 Å². The van der Waals surface area contributed by atoms with E-state index in [4.69, 9.17) is 9.51 Å². The predicted molar refractivity (Wildman–Crippen MR) is 99.3 cm³/mol. The maximum absolute atomic E-state index is 12.5. The molecule has 4 rings (SSSR count). The monoisotopic (exact) mass is 385 g/mol. The van der Waals surface area contributed by atoms with Crippen molar-refractivity contribution in [2.75, 3.05) is 0 Å². The molecule has 140 valence electrons. The van der Waals surface area contributed by atoms with Gasteiger partial charge in [-0.05, 0) is 26.7 Å². The van der Waals surface area contributed by atoms with E-state index in [0.29, 0.717) is 12.1 Å². The van der Waals surface area contributed by atoms with Gasteiger partial charge >= 0.3 is 0 Å². The fourth-order valence-electron chi connectivity index (χ4n) is 3.33. The van der Waals surface area contributed by atoms with Crippen LogP contribution in [0, 0.1) is 19.8 Å². The molecule has 1 unspecified atom stereocenters. The first-order valence-electron chi connectivity index (χ1n) is 8.74. The number of amides is 1. The number of carbonyl (C=O) groups excluding carboxylic acids is 1. The highest BCUT2D eigenvalue weighted by atomic mass is 32.1. The summed E-state index contributed by atoms with van der Waals surface area (Å²) in [6.45, 7) is 4.04. The predicted octanol–water partition coefficient (Wildman–Crippen LogP) is 1.92. The lowest BCUT2D eigenvalue weighted by molar-refractivity contribution is -0.125. The van der Waals surface area contributed by atoms with Crippen molar-refractivity contribution in [3.63, 3.8) is 0 Å². The van der Waals surface area contributed by atoms with Crippen LogP contribution in [-0.2, 0) is 24.2 Å². The minimum atomic E-state index is -0.231. The first-order chi connectivity index (χ1) is 13.0. The van der Waals surface area contributed by atoms with Gasteiger partial charge in [-0.3, -0.25) is 9.59 Å². The molecule has 0 spiro atoms. The Hall–Kier alpha value is -2.81. The third kappa shape index (κ3) is 3.55. The van der Waals surface area contributed by atoms with E-state index < -0.39 is 0 Å². The Morgan fingerprint density at radius 2 is 2.30 bits per heavy atom. The Morgan fingerprint density at radius 1 is 1.44 bits per heavy atom. The summed E-state index contributed by atoms with van der Waals surface area (Å²) in [6.07, 6.45) is 3.56. The Bertz CT molecular complexity index is 1030. The van der Waals surface area contributed by atoms with Crippen LogP contribution in [-0.4, -0.2) is 26.0 Å². The summed E-state index contributed by atoms with van der Waals surface area (Å²) >= 11 is 1.66. The lowest BCUT2D eigenvalue weighted by Gasteiger charge is -2.20. The van der Waals surface area contributed by atoms with E-state index in [-0.39, 0.29) is 23.9 Å². The number of thiazole rings is 1. The Kier molecular flexibility index (Phi) is 4.61. The van der Waals surface area contributed by atoms with E-state index in [2.05, 4.69) is 20.4 Å². The summed E-state index contributed by atoms with van der Waals surface area (Å²) < 4.78 is 5.25. The highest BCUT2D eigenvalue weighted by Crippen LogP contribution is 2.36. The topological polar surface area (TPSA) is 114 Å². The molecule has 9 heteroatoms. The SMILES string of the molecule is Cc1noc(C)c1-c1nc2c(s1)CCC(C(=O)NCc1cc(=O)[nH]cn1)C2. The summed E-state index contributed by atoms with van der Waals surface area (Å²) in [7, 11) is 0. The second-order valence-electron chi connectivity index (χ2n) is 6.65. The second kappa shape index (κ2) is 7.07. The Labute approximate surface area is 159 Å².